The van der Waals surface area contributed by atoms with Crippen LogP contribution in [0.1, 0.15) is 26.6 Å². The fourth-order valence-corrected chi connectivity index (χ4v) is 3.12. The minimum Gasteiger partial charge on any atom is -0.324 e. The van der Waals surface area contributed by atoms with Gasteiger partial charge in [-0.25, -0.2) is 4.98 Å². The van der Waals surface area contributed by atoms with E-state index in [1.807, 2.05) is 53.1 Å². The Morgan fingerprint density at radius 3 is 2.62 bits per heavy atom. The van der Waals surface area contributed by atoms with Crippen LogP contribution in [-0.2, 0) is 16.8 Å². The average molecular weight is 386 g/mol. The Morgan fingerprint density at radius 2 is 1.92 bits per heavy atom. The van der Waals surface area contributed by atoms with E-state index in [9.17, 15) is 4.79 Å². The zero-order chi connectivity index (χ0) is 17.3. The molecule has 0 fully saturated rings. The molecule has 0 aliphatic rings. The summed E-state index contributed by atoms with van der Waals surface area (Å²) < 4.78 is 2.94. The van der Waals surface area contributed by atoms with Gasteiger partial charge in [-0.15, -0.1) is 0 Å². The van der Waals surface area contributed by atoms with Crippen LogP contribution in [0.15, 0.2) is 53.0 Å². The zero-order valence-electron chi connectivity index (χ0n) is 14.0. The van der Waals surface area contributed by atoms with Gasteiger partial charge in [0.25, 0.3) is 0 Å². The summed E-state index contributed by atoms with van der Waals surface area (Å²) in [6.45, 7) is 6.56. The third-order valence-corrected chi connectivity index (χ3v) is 4.23. The fraction of sp³-hybridized carbons (Fsp3) is 0.263. The molecule has 1 aromatic heterocycles. The average Bonchev–Trinajstić information content (AvgIpc) is 2.86. The summed E-state index contributed by atoms with van der Waals surface area (Å²) in [7, 11) is 0. The molecule has 1 N–H and O–H groups in total. The van der Waals surface area contributed by atoms with Crippen LogP contribution in [0.3, 0.4) is 0 Å². The number of imidazole rings is 1. The molecule has 124 valence electrons. The number of benzene rings is 2. The van der Waals surface area contributed by atoms with E-state index in [1.165, 1.54) is 0 Å². The molecule has 0 radical (unpaired) electrons. The summed E-state index contributed by atoms with van der Waals surface area (Å²) in [6, 6.07) is 15.5. The van der Waals surface area contributed by atoms with Crippen molar-refractivity contribution in [1.82, 2.24) is 9.55 Å². The number of anilines is 1. The first-order chi connectivity index (χ1) is 11.3. The molecule has 5 heteroatoms. The first kappa shape index (κ1) is 16.7. The number of fused-ring (bicyclic) bond motifs is 1. The van der Waals surface area contributed by atoms with Gasteiger partial charge in [-0.2, -0.15) is 0 Å². The standard InChI is InChI=1S/C19H20BrN3O/c1-19(2,3)18-22-15-9-4-5-10-16(15)23(18)12-17(24)21-14-8-6-7-13(20)11-14/h4-11H,12H2,1-3H3,(H,21,24). The van der Waals surface area contributed by atoms with Crippen molar-refractivity contribution in [3.05, 3.63) is 58.8 Å². The maximum Gasteiger partial charge on any atom is 0.244 e. The number of amides is 1. The Balaban J connectivity index is 1.92. The molecule has 0 atom stereocenters. The number of nitrogens with one attached hydrogen (secondary N) is 1. The molecule has 0 spiro atoms. The van der Waals surface area contributed by atoms with Gasteiger partial charge < -0.3 is 9.88 Å². The summed E-state index contributed by atoms with van der Waals surface area (Å²) in [5, 5.41) is 2.95. The first-order valence-corrected chi connectivity index (χ1v) is 8.65. The monoisotopic (exact) mass is 385 g/mol. The molecule has 3 rings (SSSR count). The maximum atomic E-state index is 12.5. The predicted octanol–water partition coefficient (Wildman–Crippen LogP) is 4.74. The molecule has 0 unspecified atom stereocenters. The van der Waals surface area contributed by atoms with Crippen LogP contribution >= 0.6 is 15.9 Å². The lowest BCUT2D eigenvalue weighted by atomic mass is 9.95. The van der Waals surface area contributed by atoms with Crippen molar-refractivity contribution in [2.75, 3.05) is 5.32 Å². The normalized spacial score (nSPS) is 11.7. The van der Waals surface area contributed by atoms with Crippen molar-refractivity contribution in [2.45, 2.75) is 32.7 Å². The van der Waals surface area contributed by atoms with Crippen LogP contribution in [0.2, 0.25) is 0 Å². The predicted molar refractivity (Wildman–Crippen MR) is 101 cm³/mol. The molecule has 1 amide bonds. The summed E-state index contributed by atoms with van der Waals surface area (Å²) in [6.07, 6.45) is 0. The second kappa shape index (κ2) is 6.40. The van der Waals surface area contributed by atoms with E-state index < -0.39 is 0 Å². The highest BCUT2D eigenvalue weighted by Gasteiger charge is 2.23. The van der Waals surface area contributed by atoms with E-state index in [1.54, 1.807) is 0 Å². The first-order valence-electron chi connectivity index (χ1n) is 7.86. The molecule has 0 saturated carbocycles. The highest BCUT2D eigenvalue weighted by atomic mass is 79.9. The third-order valence-electron chi connectivity index (χ3n) is 3.74. The quantitative estimate of drug-likeness (QED) is 0.707. The minimum absolute atomic E-state index is 0.0678. The molecule has 0 saturated heterocycles. The Labute approximate surface area is 150 Å². The van der Waals surface area contributed by atoms with Crippen LogP contribution in [0.4, 0.5) is 5.69 Å². The lowest BCUT2D eigenvalue weighted by Gasteiger charge is -2.20. The molecule has 0 aliphatic heterocycles. The summed E-state index contributed by atoms with van der Waals surface area (Å²) in [4.78, 5) is 17.3. The van der Waals surface area contributed by atoms with Gasteiger partial charge in [0, 0.05) is 15.6 Å². The smallest absolute Gasteiger partial charge is 0.244 e. The topological polar surface area (TPSA) is 46.9 Å². The number of hydrogen-bond acceptors (Lipinski definition) is 2. The van der Waals surface area contributed by atoms with Crippen molar-refractivity contribution in [1.29, 1.82) is 0 Å². The van der Waals surface area contributed by atoms with E-state index in [4.69, 9.17) is 4.98 Å². The van der Waals surface area contributed by atoms with Gasteiger partial charge in [-0.1, -0.05) is 54.9 Å². The van der Waals surface area contributed by atoms with Gasteiger partial charge in [0.1, 0.15) is 12.4 Å². The minimum atomic E-state index is -0.144. The van der Waals surface area contributed by atoms with Crippen LogP contribution in [0.5, 0.6) is 0 Å². The van der Waals surface area contributed by atoms with Gasteiger partial charge >= 0.3 is 0 Å². The second-order valence-electron chi connectivity index (χ2n) is 6.82. The maximum absolute atomic E-state index is 12.5. The van der Waals surface area contributed by atoms with Crippen molar-refractivity contribution >= 4 is 38.6 Å². The highest BCUT2D eigenvalue weighted by molar-refractivity contribution is 9.10. The van der Waals surface area contributed by atoms with Crippen molar-refractivity contribution < 1.29 is 4.79 Å². The van der Waals surface area contributed by atoms with E-state index in [0.717, 1.165) is 27.0 Å². The van der Waals surface area contributed by atoms with Crippen LogP contribution < -0.4 is 5.32 Å². The lowest BCUT2D eigenvalue weighted by Crippen LogP contribution is -2.25. The zero-order valence-corrected chi connectivity index (χ0v) is 15.6. The molecule has 1 heterocycles. The Morgan fingerprint density at radius 1 is 1.17 bits per heavy atom. The second-order valence-corrected chi connectivity index (χ2v) is 7.73. The largest absolute Gasteiger partial charge is 0.324 e. The molecule has 2 aromatic carbocycles. The summed E-state index contributed by atoms with van der Waals surface area (Å²) >= 11 is 3.42. The van der Waals surface area contributed by atoms with Gasteiger partial charge in [0.05, 0.1) is 11.0 Å². The Bertz CT molecular complexity index is 893. The van der Waals surface area contributed by atoms with Gasteiger partial charge in [0.15, 0.2) is 0 Å². The Hall–Kier alpha value is -2.14. The number of nitrogens with zero attached hydrogens (tertiary/aromatic N) is 2. The van der Waals surface area contributed by atoms with Crippen LogP contribution in [-0.4, -0.2) is 15.5 Å². The Kier molecular flexibility index (Phi) is 4.45. The molecule has 3 aromatic rings. The summed E-state index contributed by atoms with van der Waals surface area (Å²) in [5.41, 5.74) is 2.52. The number of rotatable bonds is 3. The molecule has 0 bridgehead atoms. The SMILES string of the molecule is CC(C)(C)c1nc2ccccc2n1CC(=O)Nc1cccc(Br)c1. The van der Waals surface area contributed by atoms with E-state index in [2.05, 4.69) is 42.0 Å². The number of halogens is 1. The number of carbonyl (C=O) groups is 1. The number of carbonyl (C=O) groups excluding carboxylic acids is 1. The summed E-state index contributed by atoms with van der Waals surface area (Å²) in [5.74, 6) is 0.842. The van der Waals surface area contributed by atoms with E-state index in [-0.39, 0.29) is 17.9 Å². The number of aromatic nitrogens is 2. The molecular formula is C19H20BrN3O. The fourth-order valence-electron chi connectivity index (χ4n) is 2.72. The number of para-hydroxylation sites is 2. The number of hydrogen-bond donors (Lipinski definition) is 1. The third kappa shape index (κ3) is 3.51. The molecular weight excluding hydrogens is 366 g/mol. The molecule has 4 nitrogen and oxygen atoms in total. The van der Waals surface area contributed by atoms with E-state index >= 15 is 0 Å². The van der Waals surface area contributed by atoms with Crippen molar-refractivity contribution in [3.63, 3.8) is 0 Å². The van der Waals surface area contributed by atoms with Crippen molar-refractivity contribution in [2.24, 2.45) is 0 Å². The lowest BCUT2D eigenvalue weighted by molar-refractivity contribution is -0.116. The highest BCUT2D eigenvalue weighted by Crippen LogP contribution is 2.26. The van der Waals surface area contributed by atoms with Crippen molar-refractivity contribution in [3.8, 4) is 0 Å². The van der Waals surface area contributed by atoms with E-state index in [0.29, 0.717) is 0 Å². The van der Waals surface area contributed by atoms with Gasteiger partial charge in [0.2, 0.25) is 5.91 Å². The molecule has 24 heavy (non-hydrogen) atoms. The molecule has 0 aliphatic carbocycles. The van der Waals surface area contributed by atoms with Crippen LogP contribution in [0, 0.1) is 0 Å². The van der Waals surface area contributed by atoms with Gasteiger partial charge in [-0.05, 0) is 30.3 Å². The van der Waals surface area contributed by atoms with Gasteiger partial charge in [-0.3, -0.25) is 4.79 Å². The van der Waals surface area contributed by atoms with Crippen LogP contribution in [0.25, 0.3) is 11.0 Å².